The van der Waals surface area contributed by atoms with Gasteiger partial charge >= 0.3 is 12.0 Å². The number of carbonyl (C=O) groups excluding carboxylic acids is 1. The number of nitrogens with zero attached hydrogens (tertiary/aromatic N) is 2. The molecular weight excluding hydrogens is 283 g/mol. The van der Waals surface area contributed by atoms with Gasteiger partial charge in [0.05, 0.1) is 11.3 Å². The molecule has 0 aliphatic heterocycles. The van der Waals surface area contributed by atoms with Gasteiger partial charge in [-0.1, -0.05) is 11.2 Å². The summed E-state index contributed by atoms with van der Waals surface area (Å²) in [4.78, 5) is 26.3. The first-order valence-corrected chi connectivity index (χ1v) is 5.90. The highest BCUT2D eigenvalue weighted by atomic mass is 19.1. The van der Waals surface area contributed by atoms with Gasteiger partial charge in [-0.3, -0.25) is 0 Å². The Balaban J connectivity index is 1.95. The lowest BCUT2D eigenvalue weighted by molar-refractivity contribution is 0.0697. The zero-order valence-electron chi connectivity index (χ0n) is 10.7. The van der Waals surface area contributed by atoms with Crippen LogP contribution < -0.4 is 10.6 Å². The van der Waals surface area contributed by atoms with E-state index in [1.807, 2.05) is 0 Å². The number of benzene rings is 1. The van der Waals surface area contributed by atoms with Gasteiger partial charge in [-0.05, 0) is 12.1 Å². The number of hydrogen-bond donors (Lipinski definition) is 3. The monoisotopic (exact) mass is 294 g/mol. The number of aromatic carboxylic acids is 1. The van der Waals surface area contributed by atoms with Crippen molar-refractivity contribution >= 4 is 17.7 Å². The number of carboxylic acids is 1. The second-order valence-electron chi connectivity index (χ2n) is 3.93. The van der Waals surface area contributed by atoms with Crippen LogP contribution in [0.4, 0.5) is 14.9 Å². The van der Waals surface area contributed by atoms with Crippen LogP contribution in [0.25, 0.3) is 0 Å². The molecule has 1 aromatic carbocycles. The molecule has 0 aliphatic carbocycles. The Kier molecular flexibility index (Phi) is 4.44. The fraction of sp³-hybridized carbons (Fsp3) is 0.167. The molecule has 0 saturated heterocycles. The SMILES string of the molecule is O=C(NCCc1ncno1)Nc1c(F)cccc1C(=O)O. The molecule has 9 heteroatoms. The lowest BCUT2D eigenvalue weighted by atomic mass is 10.1. The summed E-state index contributed by atoms with van der Waals surface area (Å²) in [6, 6.07) is 2.76. The van der Waals surface area contributed by atoms with Crippen LogP contribution in [0.5, 0.6) is 0 Å². The Labute approximate surface area is 118 Å². The van der Waals surface area contributed by atoms with E-state index in [0.29, 0.717) is 12.3 Å². The molecule has 0 bridgehead atoms. The van der Waals surface area contributed by atoms with Crippen molar-refractivity contribution in [2.45, 2.75) is 6.42 Å². The quantitative estimate of drug-likeness (QED) is 0.764. The number of nitrogens with one attached hydrogen (secondary N) is 2. The number of hydrogen-bond acceptors (Lipinski definition) is 5. The second-order valence-corrected chi connectivity index (χ2v) is 3.93. The highest BCUT2D eigenvalue weighted by Crippen LogP contribution is 2.19. The van der Waals surface area contributed by atoms with E-state index in [1.165, 1.54) is 18.5 Å². The standard InChI is InChI=1S/C12H11FN4O4/c13-8-3-1-2-7(11(18)19)10(8)17-12(20)14-5-4-9-15-6-16-21-9/h1-3,6H,4-5H2,(H,18,19)(H2,14,17,20). The fourth-order valence-corrected chi connectivity index (χ4v) is 1.58. The zero-order chi connectivity index (χ0) is 15.2. The molecule has 0 radical (unpaired) electrons. The summed E-state index contributed by atoms with van der Waals surface area (Å²) in [6.07, 6.45) is 1.53. The van der Waals surface area contributed by atoms with Crippen LogP contribution in [0, 0.1) is 5.82 Å². The average molecular weight is 294 g/mol. The maximum Gasteiger partial charge on any atom is 0.337 e. The number of para-hydroxylation sites is 1. The summed E-state index contributed by atoms with van der Waals surface area (Å²) in [7, 11) is 0. The molecule has 2 rings (SSSR count). The molecule has 0 fully saturated rings. The fourth-order valence-electron chi connectivity index (χ4n) is 1.58. The molecule has 1 aromatic heterocycles. The van der Waals surface area contributed by atoms with Crippen LogP contribution in [-0.4, -0.2) is 33.8 Å². The maximum absolute atomic E-state index is 13.6. The highest BCUT2D eigenvalue weighted by molar-refractivity contribution is 6.00. The van der Waals surface area contributed by atoms with Crippen molar-refractivity contribution in [1.29, 1.82) is 0 Å². The van der Waals surface area contributed by atoms with Crippen molar-refractivity contribution in [2.75, 3.05) is 11.9 Å². The van der Waals surface area contributed by atoms with Crippen molar-refractivity contribution in [3.63, 3.8) is 0 Å². The molecule has 0 saturated carbocycles. The Morgan fingerprint density at radius 2 is 2.19 bits per heavy atom. The van der Waals surface area contributed by atoms with Crippen molar-refractivity contribution in [3.8, 4) is 0 Å². The van der Waals surface area contributed by atoms with Gasteiger partial charge in [-0.25, -0.2) is 14.0 Å². The minimum absolute atomic E-state index is 0.172. The van der Waals surface area contributed by atoms with E-state index in [1.54, 1.807) is 0 Å². The van der Waals surface area contributed by atoms with Gasteiger partial charge in [0.25, 0.3) is 0 Å². The van der Waals surface area contributed by atoms with Crippen LogP contribution in [0.1, 0.15) is 16.2 Å². The summed E-state index contributed by atoms with van der Waals surface area (Å²) in [5.41, 5.74) is -0.720. The van der Waals surface area contributed by atoms with Crippen molar-refractivity contribution < 1.29 is 23.6 Å². The first-order chi connectivity index (χ1) is 10.1. The molecule has 0 spiro atoms. The number of anilines is 1. The van der Waals surface area contributed by atoms with E-state index in [9.17, 15) is 14.0 Å². The summed E-state index contributed by atoms with van der Waals surface area (Å²) in [6.45, 7) is 0.172. The Bertz CT molecular complexity index is 645. The van der Waals surface area contributed by atoms with Crippen LogP contribution in [0.3, 0.4) is 0 Å². The molecule has 0 unspecified atom stereocenters. The maximum atomic E-state index is 13.6. The van der Waals surface area contributed by atoms with E-state index < -0.39 is 17.8 Å². The summed E-state index contributed by atoms with van der Waals surface area (Å²) < 4.78 is 18.3. The van der Waals surface area contributed by atoms with Crippen molar-refractivity contribution in [3.05, 3.63) is 41.8 Å². The van der Waals surface area contributed by atoms with Crippen LogP contribution in [0.2, 0.25) is 0 Å². The Hall–Kier alpha value is -2.97. The van der Waals surface area contributed by atoms with Gasteiger partial charge in [0.2, 0.25) is 5.89 Å². The molecule has 110 valence electrons. The topological polar surface area (TPSA) is 117 Å². The average Bonchev–Trinajstić information content (AvgIpc) is 2.94. The van der Waals surface area contributed by atoms with E-state index >= 15 is 0 Å². The third-order valence-corrected chi connectivity index (χ3v) is 2.51. The predicted octanol–water partition coefficient (Wildman–Crippen LogP) is 1.27. The number of carboxylic acid groups (broad SMARTS) is 1. The number of urea groups is 1. The summed E-state index contributed by atoms with van der Waals surface area (Å²) in [5.74, 6) is -1.83. The highest BCUT2D eigenvalue weighted by Gasteiger charge is 2.16. The van der Waals surface area contributed by atoms with E-state index in [0.717, 1.165) is 6.07 Å². The van der Waals surface area contributed by atoms with Crippen LogP contribution in [-0.2, 0) is 6.42 Å². The molecule has 1 heterocycles. The zero-order valence-corrected chi connectivity index (χ0v) is 10.7. The number of halogens is 1. The Morgan fingerprint density at radius 3 is 2.86 bits per heavy atom. The minimum atomic E-state index is -1.34. The molecular formula is C12H11FN4O4. The third-order valence-electron chi connectivity index (χ3n) is 2.51. The van der Waals surface area contributed by atoms with Gasteiger partial charge in [0.1, 0.15) is 5.82 Å². The molecule has 8 nitrogen and oxygen atoms in total. The first-order valence-electron chi connectivity index (χ1n) is 5.90. The number of carbonyl (C=O) groups is 2. The first kappa shape index (κ1) is 14.4. The van der Waals surface area contributed by atoms with Crippen LogP contribution in [0.15, 0.2) is 29.0 Å². The molecule has 2 aromatic rings. The van der Waals surface area contributed by atoms with Gasteiger partial charge in [0.15, 0.2) is 6.33 Å². The van der Waals surface area contributed by atoms with Gasteiger partial charge < -0.3 is 20.3 Å². The number of rotatable bonds is 5. The molecule has 3 N–H and O–H groups in total. The van der Waals surface area contributed by atoms with Gasteiger partial charge in [-0.15, -0.1) is 0 Å². The van der Waals surface area contributed by atoms with Crippen molar-refractivity contribution in [1.82, 2.24) is 15.5 Å². The van der Waals surface area contributed by atoms with Gasteiger partial charge in [0, 0.05) is 13.0 Å². The van der Waals surface area contributed by atoms with E-state index in [-0.39, 0.29) is 17.8 Å². The summed E-state index contributed by atoms with van der Waals surface area (Å²) >= 11 is 0. The molecule has 0 aliphatic rings. The second kappa shape index (κ2) is 6.46. The van der Waals surface area contributed by atoms with E-state index in [4.69, 9.17) is 9.63 Å². The normalized spacial score (nSPS) is 10.1. The smallest absolute Gasteiger partial charge is 0.337 e. The Morgan fingerprint density at radius 1 is 1.38 bits per heavy atom. The molecule has 21 heavy (non-hydrogen) atoms. The largest absolute Gasteiger partial charge is 0.478 e. The third kappa shape index (κ3) is 3.75. The van der Waals surface area contributed by atoms with Gasteiger partial charge in [-0.2, -0.15) is 4.98 Å². The minimum Gasteiger partial charge on any atom is -0.478 e. The molecule has 2 amide bonds. The number of aromatic nitrogens is 2. The summed E-state index contributed by atoms with van der Waals surface area (Å²) in [5, 5.41) is 16.9. The lowest BCUT2D eigenvalue weighted by Gasteiger charge is -2.10. The van der Waals surface area contributed by atoms with Crippen molar-refractivity contribution in [2.24, 2.45) is 0 Å². The van der Waals surface area contributed by atoms with E-state index in [2.05, 4.69) is 20.8 Å². The lowest BCUT2D eigenvalue weighted by Crippen LogP contribution is -2.31. The predicted molar refractivity (Wildman–Crippen MR) is 68.4 cm³/mol. The number of amides is 2. The van der Waals surface area contributed by atoms with Crippen LogP contribution >= 0.6 is 0 Å². The molecule has 0 atom stereocenters.